The molecular formula is C18H21N3O6. The Hall–Kier alpha value is -3.07. The van der Waals surface area contributed by atoms with E-state index in [9.17, 15) is 14.4 Å². The van der Waals surface area contributed by atoms with Crippen LogP contribution in [0.3, 0.4) is 0 Å². The number of ether oxygens (including phenoxy) is 3. The van der Waals surface area contributed by atoms with Gasteiger partial charge in [-0.1, -0.05) is 18.2 Å². The van der Waals surface area contributed by atoms with Gasteiger partial charge in [-0.15, -0.1) is 0 Å². The largest absolute Gasteiger partial charge is 0.496 e. The van der Waals surface area contributed by atoms with Gasteiger partial charge in [-0.05, 0) is 6.07 Å². The molecule has 2 aliphatic heterocycles. The first-order chi connectivity index (χ1) is 13.1. The summed E-state index contributed by atoms with van der Waals surface area (Å²) in [5.74, 6) is -0.338. The van der Waals surface area contributed by atoms with Crippen LogP contribution in [-0.4, -0.2) is 63.3 Å². The molecule has 0 aromatic heterocycles. The fourth-order valence-electron chi connectivity index (χ4n) is 3.11. The monoisotopic (exact) mass is 375 g/mol. The summed E-state index contributed by atoms with van der Waals surface area (Å²) in [5, 5.41) is 5.43. The topological polar surface area (TPSA) is 106 Å². The number of esters is 1. The summed E-state index contributed by atoms with van der Waals surface area (Å²) >= 11 is 0. The summed E-state index contributed by atoms with van der Waals surface area (Å²) in [6, 6.07) is 5.92. The molecule has 1 aromatic carbocycles. The lowest BCUT2D eigenvalue weighted by Gasteiger charge is -2.32. The molecule has 2 aliphatic rings. The average Bonchev–Trinajstić information content (AvgIpc) is 3.05. The van der Waals surface area contributed by atoms with Gasteiger partial charge in [0.05, 0.1) is 31.0 Å². The molecule has 27 heavy (non-hydrogen) atoms. The van der Waals surface area contributed by atoms with Crippen molar-refractivity contribution in [1.82, 2.24) is 15.5 Å². The van der Waals surface area contributed by atoms with Crippen LogP contribution < -0.4 is 15.4 Å². The van der Waals surface area contributed by atoms with Crippen molar-refractivity contribution >= 4 is 17.9 Å². The van der Waals surface area contributed by atoms with Crippen LogP contribution in [0.4, 0.5) is 4.79 Å². The highest BCUT2D eigenvalue weighted by atomic mass is 16.5. The van der Waals surface area contributed by atoms with E-state index in [0.717, 1.165) is 0 Å². The quantitative estimate of drug-likeness (QED) is 0.526. The van der Waals surface area contributed by atoms with Crippen molar-refractivity contribution in [3.05, 3.63) is 41.1 Å². The van der Waals surface area contributed by atoms with Gasteiger partial charge in [0.1, 0.15) is 18.9 Å². The van der Waals surface area contributed by atoms with E-state index in [4.69, 9.17) is 14.2 Å². The number of rotatable bonds is 7. The lowest BCUT2D eigenvalue weighted by molar-refractivity contribution is -0.136. The fourth-order valence-corrected chi connectivity index (χ4v) is 3.11. The number of urea groups is 1. The number of hydrogen-bond donors (Lipinski definition) is 2. The number of methoxy groups -OCH3 is 2. The van der Waals surface area contributed by atoms with Crippen molar-refractivity contribution < 1.29 is 28.6 Å². The molecule has 0 unspecified atom stereocenters. The van der Waals surface area contributed by atoms with Gasteiger partial charge in [-0.3, -0.25) is 9.69 Å². The standard InChI is InChI=1S/C18H21N3O6/c1-25-8-7-19-14(22)9-21-12-10-27-17(23)15(12)16(20-18(21)24)11-5-3-4-6-13(11)26-2/h3-6,16H,7-10H2,1-2H3,(H,19,22)(H,20,24)/t16-/m1/s1. The third-order valence-electron chi connectivity index (χ3n) is 4.38. The van der Waals surface area contributed by atoms with E-state index in [-0.39, 0.29) is 19.1 Å². The second kappa shape index (κ2) is 8.09. The molecule has 2 heterocycles. The molecule has 1 aromatic rings. The van der Waals surface area contributed by atoms with Crippen LogP contribution in [0.15, 0.2) is 35.5 Å². The molecule has 3 amide bonds. The Labute approximate surface area is 156 Å². The first-order valence-corrected chi connectivity index (χ1v) is 8.43. The smallest absolute Gasteiger partial charge is 0.338 e. The molecule has 9 heteroatoms. The number of carbonyl (C=O) groups is 3. The van der Waals surface area contributed by atoms with Crippen molar-refractivity contribution in [2.45, 2.75) is 6.04 Å². The van der Waals surface area contributed by atoms with Gasteiger partial charge >= 0.3 is 12.0 Å². The van der Waals surface area contributed by atoms with Crippen molar-refractivity contribution in [3.8, 4) is 5.75 Å². The summed E-state index contributed by atoms with van der Waals surface area (Å²) < 4.78 is 15.4. The number of para-hydroxylation sites is 1. The Bertz CT molecular complexity index is 791. The van der Waals surface area contributed by atoms with Crippen LogP contribution >= 0.6 is 0 Å². The van der Waals surface area contributed by atoms with E-state index < -0.39 is 18.0 Å². The molecule has 1 atom stereocenters. The zero-order valence-corrected chi connectivity index (χ0v) is 15.1. The molecule has 0 aliphatic carbocycles. The Balaban J connectivity index is 1.89. The maximum absolute atomic E-state index is 12.7. The maximum Gasteiger partial charge on any atom is 0.338 e. The second-order valence-electron chi connectivity index (χ2n) is 5.99. The number of carbonyl (C=O) groups excluding carboxylic acids is 3. The Morgan fingerprint density at radius 1 is 1.33 bits per heavy atom. The van der Waals surface area contributed by atoms with Crippen LogP contribution in [0.1, 0.15) is 11.6 Å². The summed E-state index contributed by atoms with van der Waals surface area (Å²) in [7, 11) is 3.04. The molecule has 0 spiro atoms. The predicted molar refractivity (Wildman–Crippen MR) is 93.8 cm³/mol. The Morgan fingerprint density at radius 2 is 2.11 bits per heavy atom. The molecule has 0 fully saturated rings. The van der Waals surface area contributed by atoms with Crippen LogP contribution in [-0.2, 0) is 19.1 Å². The molecule has 0 saturated heterocycles. The molecule has 2 N–H and O–H groups in total. The minimum absolute atomic E-state index is 0.0570. The van der Waals surface area contributed by atoms with Gasteiger partial charge in [0.25, 0.3) is 0 Å². The molecule has 9 nitrogen and oxygen atoms in total. The van der Waals surface area contributed by atoms with Gasteiger partial charge in [0, 0.05) is 19.2 Å². The van der Waals surface area contributed by atoms with E-state index in [1.807, 2.05) is 0 Å². The summed E-state index contributed by atoms with van der Waals surface area (Å²) in [4.78, 5) is 38.3. The van der Waals surface area contributed by atoms with Gasteiger partial charge in [0.15, 0.2) is 0 Å². The SMILES string of the molecule is COCCNC(=O)CN1C(=O)N[C@H](c2ccccc2OC)C2=C1COC2=O. The Morgan fingerprint density at radius 3 is 2.85 bits per heavy atom. The van der Waals surface area contributed by atoms with Gasteiger partial charge in [-0.2, -0.15) is 0 Å². The van der Waals surface area contributed by atoms with Crippen molar-refractivity contribution in [2.75, 3.05) is 40.5 Å². The highest BCUT2D eigenvalue weighted by Gasteiger charge is 2.43. The Kier molecular flexibility index (Phi) is 5.60. The normalized spacial score (nSPS) is 18.7. The molecule has 144 valence electrons. The molecule has 3 rings (SSSR count). The number of nitrogens with zero attached hydrogens (tertiary/aromatic N) is 1. The third-order valence-corrected chi connectivity index (χ3v) is 4.38. The molecular weight excluding hydrogens is 354 g/mol. The maximum atomic E-state index is 12.7. The van der Waals surface area contributed by atoms with Crippen LogP contribution in [0.25, 0.3) is 0 Å². The second-order valence-corrected chi connectivity index (χ2v) is 5.99. The van der Waals surface area contributed by atoms with E-state index >= 15 is 0 Å². The first kappa shape index (κ1) is 18.7. The van der Waals surface area contributed by atoms with Crippen LogP contribution in [0.2, 0.25) is 0 Å². The average molecular weight is 375 g/mol. The van der Waals surface area contributed by atoms with Crippen molar-refractivity contribution in [2.24, 2.45) is 0 Å². The molecule has 0 radical (unpaired) electrons. The third kappa shape index (κ3) is 3.72. The van der Waals surface area contributed by atoms with Crippen LogP contribution in [0.5, 0.6) is 5.75 Å². The summed E-state index contributed by atoms with van der Waals surface area (Å²) in [6.07, 6.45) is 0. The zero-order valence-electron chi connectivity index (χ0n) is 15.1. The molecule has 0 bridgehead atoms. The van der Waals surface area contributed by atoms with E-state index in [2.05, 4.69) is 10.6 Å². The van der Waals surface area contributed by atoms with Gasteiger partial charge in [0.2, 0.25) is 5.91 Å². The highest BCUT2D eigenvalue weighted by molar-refractivity contribution is 5.98. The molecule has 0 saturated carbocycles. The van der Waals surface area contributed by atoms with E-state index in [1.165, 1.54) is 19.1 Å². The van der Waals surface area contributed by atoms with Gasteiger partial charge < -0.3 is 24.8 Å². The lowest BCUT2D eigenvalue weighted by Crippen LogP contribution is -2.50. The number of hydrogen-bond acceptors (Lipinski definition) is 6. The minimum Gasteiger partial charge on any atom is -0.496 e. The van der Waals surface area contributed by atoms with Crippen molar-refractivity contribution in [3.63, 3.8) is 0 Å². The highest BCUT2D eigenvalue weighted by Crippen LogP contribution is 2.38. The summed E-state index contributed by atoms with van der Waals surface area (Å²) in [6.45, 7) is 0.418. The van der Waals surface area contributed by atoms with E-state index in [1.54, 1.807) is 24.3 Å². The van der Waals surface area contributed by atoms with Crippen LogP contribution in [0, 0.1) is 0 Å². The van der Waals surface area contributed by atoms with Crippen molar-refractivity contribution in [1.29, 1.82) is 0 Å². The van der Waals surface area contributed by atoms with E-state index in [0.29, 0.717) is 35.7 Å². The lowest BCUT2D eigenvalue weighted by atomic mass is 9.95. The predicted octanol–water partition coefficient (Wildman–Crippen LogP) is 0.335. The number of cyclic esters (lactones) is 1. The minimum atomic E-state index is -0.702. The zero-order chi connectivity index (χ0) is 19.4. The number of amides is 3. The fraction of sp³-hybridized carbons (Fsp3) is 0.389. The number of benzene rings is 1. The number of nitrogens with one attached hydrogen (secondary N) is 2. The first-order valence-electron chi connectivity index (χ1n) is 8.43. The van der Waals surface area contributed by atoms with Gasteiger partial charge in [-0.25, -0.2) is 9.59 Å². The summed E-state index contributed by atoms with van der Waals surface area (Å²) in [5.41, 5.74) is 1.34.